The summed E-state index contributed by atoms with van der Waals surface area (Å²) in [6, 6.07) is 0.271. The SMILES string of the molecule is Cl.NC1CCN(c2ncc(Br)cn2)C1. The first-order valence-corrected chi connectivity index (χ1v) is 5.03. The molecule has 78 valence electrons. The molecule has 1 aliphatic heterocycles. The minimum Gasteiger partial charge on any atom is -0.339 e. The summed E-state index contributed by atoms with van der Waals surface area (Å²) in [5, 5.41) is 0. The quantitative estimate of drug-likeness (QED) is 0.839. The number of nitrogens with two attached hydrogens (primary N) is 1. The summed E-state index contributed by atoms with van der Waals surface area (Å²) >= 11 is 3.30. The van der Waals surface area contributed by atoms with E-state index in [1.165, 1.54) is 0 Å². The molecule has 0 saturated carbocycles. The number of anilines is 1. The van der Waals surface area contributed by atoms with Crippen molar-refractivity contribution in [1.82, 2.24) is 9.97 Å². The minimum atomic E-state index is 0. The predicted octanol–water partition coefficient (Wildman–Crippen LogP) is 1.20. The molecular weight excluding hydrogens is 267 g/mol. The Morgan fingerprint density at radius 2 is 2.07 bits per heavy atom. The van der Waals surface area contributed by atoms with E-state index in [2.05, 4.69) is 30.8 Å². The van der Waals surface area contributed by atoms with Crippen molar-refractivity contribution >= 4 is 34.3 Å². The zero-order chi connectivity index (χ0) is 9.26. The van der Waals surface area contributed by atoms with E-state index in [0.717, 1.165) is 29.9 Å². The van der Waals surface area contributed by atoms with Crippen LogP contribution >= 0.6 is 28.3 Å². The maximum atomic E-state index is 5.79. The standard InChI is InChI=1S/C8H11BrN4.ClH/c9-6-3-11-8(12-4-6)13-2-1-7(10)5-13;/h3-4,7H,1-2,5,10H2;1H. The molecule has 2 rings (SSSR count). The Labute approximate surface area is 97.4 Å². The molecule has 2 heterocycles. The molecule has 1 fully saturated rings. The highest BCUT2D eigenvalue weighted by atomic mass is 79.9. The highest BCUT2D eigenvalue weighted by Gasteiger charge is 2.20. The second-order valence-corrected chi connectivity index (χ2v) is 4.11. The first-order valence-electron chi connectivity index (χ1n) is 4.24. The van der Waals surface area contributed by atoms with Crippen molar-refractivity contribution in [3.63, 3.8) is 0 Å². The molecule has 14 heavy (non-hydrogen) atoms. The lowest BCUT2D eigenvalue weighted by molar-refractivity contribution is 0.750. The van der Waals surface area contributed by atoms with E-state index < -0.39 is 0 Å². The third kappa shape index (κ3) is 2.56. The number of hydrogen-bond donors (Lipinski definition) is 1. The molecule has 1 saturated heterocycles. The Bertz CT molecular complexity index is 292. The predicted molar refractivity (Wildman–Crippen MR) is 61.8 cm³/mol. The molecule has 0 aromatic carbocycles. The van der Waals surface area contributed by atoms with Crippen LogP contribution in [0.5, 0.6) is 0 Å². The normalized spacial score (nSPS) is 20.7. The second-order valence-electron chi connectivity index (χ2n) is 3.20. The Kier molecular flexibility index (Phi) is 4.10. The van der Waals surface area contributed by atoms with Crippen LogP contribution in [0.3, 0.4) is 0 Å². The van der Waals surface area contributed by atoms with Crippen LogP contribution in [0, 0.1) is 0 Å². The molecule has 1 unspecified atom stereocenters. The van der Waals surface area contributed by atoms with E-state index in [-0.39, 0.29) is 18.4 Å². The molecule has 1 aromatic heterocycles. The fourth-order valence-corrected chi connectivity index (χ4v) is 1.64. The number of halogens is 2. The van der Waals surface area contributed by atoms with Crippen LogP contribution in [-0.4, -0.2) is 29.1 Å². The van der Waals surface area contributed by atoms with Gasteiger partial charge in [0.1, 0.15) is 0 Å². The van der Waals surface area contributed by atoms with Crippen molar-refractivity contribution in [2.75, 3.05) is 18.0 Å². The Hall–Kier alpha value is -0.390. The maximum Gasteiger partial charge on any atom is 0.225 e. The van der Waals surface area contributed by atoms with Gasteiger partial charge in [-0.05, 0) is 22.4 Å². The molecule has 0 amide bonds. The molecule has 2 N–H and O–H groups in total. The maximum absolute atomic E-state index is 5.79. The molecule has 1 aromatic rings. The lowest BCUT2D eigenvalue weighted by atomic mass is 10.3. The molecule has 0 aliphatic carbocycles. The van der Waals surface area contributed by atoms with E-state index in [4.69, 9.17) is 5.73 Å². The van der Waals surface area contributed by atoms with Gasteiger partial charge in [0.25, 0.3) is 0 Å². The molecule has 0 spiro atoms. The highest BCUT2D eigenvalue weighted by molar-refractivity contribution is 9.10. The average Bonchev–Trinajstić information content (AvgIpc) is 2.53. The molecule has 0 radical (unpaired) electrons. The number of aromatic nitrogens is 2. The Morgan fingerprint density at radius 3 is 2.57 bits per heavy atom. The highest BCUT2D eigenvalue weighted by Crippen LogP contribution is 2.15. The third-order valence-corrected chi connectivity index (χ3v) is 2.52. The third-order valence-electron chi connectivity index (χ3n) is 2.11. The molecule has 0 bridgehead atoms. The number of nitrogens with zero attached hydrogens (tertiary/aromatic N) is 3. The average molecular weight is 280 g/mol. The zero-order valence-corrected chi connectivity index (χ0v) is 9.96. The van der Waals surface area contributed by atoms with Crippen molar-refractivity contribution in [3.05, 3.63) is 16.9 Å². The summed E-state index contributed by atoms with van der Waals surface area (Å²) < 4.78 is 0.903. The molecular formula is C8H12BrClN4. The number of hydrogen-bond acceptors (Lipinski definition) is 4. The lowest BCUT2D eigenvalue weighted by Crippen LogP contribution is -2.27. The largest absolute Gasteiger partial charge is 0.339 e. The minimum absolute atomic E-state index is 0. The van der Waals surface area contributed by atoms with Crippen LogP contribution in [0.2, 0.25) is 0 Å². The zero-order valence-electron chi connectivity index (χ0n) is 7.56. The van der Waals surface area contributed by atoms with Crippen LogP contribution in [0.15, 0.2) is 16.9 Å². The smallest absolute Gasteiger partial charge is 0.225 e. The molecule has 1 aliphatic rings. The second kappa shape index (κ2) is 4.91. The van der Waals surface area contributed by atoms with E-state index in [1.807, 2.05) is 0 Å². The summed E-state index contributed by atoms with van der Waals surface area (Å²) in [5.74, 6) is 0.774. The van der Waals surface area contributed by atoms with E-state index in [9.17, 15) is 0 Å². The van der Waals surface area contributed by atoms with E-state index >= 15 is 0 Å². The molecule has 1 atom stereocenters. The van der Waals surface area contributed by atoms with Crippen LogP contribution in [0.4, 0.5) is 5.95 Å². The van der Waals surface area contributed by atoms with Crippen LogP contribution < -0.4 is 10.6 Å². The number of rotatable bonds is 1. The fraction of sp³-hybridized carbons (Fsp3) is 0.500. The monoisotopic (exact) mass is 278 g/mol. The van der Waals surface area contributed by atoms with Gasteiger partial charge in [-0.3, -0.25) is 0 Å². The van der Waals surface area contributed by atoms with Crippen molar-refractivity contribution in [3.8, 4) is 0 Å². The van der Waals surface area contributed by atoms with Gasteiger partial charge in [0.15, 0.2) is 0 Å². The van der Waals surface area contributed by atoms with E-state index in [1.54, 1.807) is 12.4 Å². The van der Waals surface area contributed by atoms with E-state index in [0.29, 0.717) is 0 Å². The van der Waals surface area contributed by atoms with Gasteiger partial charge in [-0.1, -0.05) is 0 Å². The van der Waals surface area contributed by atoms with Crippen LogP contribution in [0.25, 0.3) is 0 Å². The molecule has 4 nitrogen and oxygen atoms in total. The van der Waals surface area contributed by atoms with Crippen molar-refractivity contribution in [2.24, 2.45) is 5.73 Å². The van der Waals surface area contributed by atoms with Gasteiger partial charge >= 0.3 is 0 Å². The lowest BCUT2D eigenvalue weighted by Gasteiger charge is -2.14. The van der Waals surface area contributed by atoms with Crippen molar-refractivity contribution < 1.29 is 0 Å². The summed E-state index contributed by atoms with van der Waals surface area (Å²) in [7, 11) is 0. The van der Waals surface area contributed by atoms with Gasteiger partial charge in [0.05, 0.1) is 4.47 Å². The van der Waals surface area contributed by atoms with Crippen LogP contribution in [-0.2, 0) is 0 Å². The van der Waals surface area contributed by atoms with Gasteiger partial charge in [0.2, 0.25) is 5.95 Å². The van der Waals surface area contributed by atoms with Gasteiger partial charge in [0, 0.05) is 31.5 Å². The van der Waals surface area contributed by atoms with Gasteiger partial charge in [-0.2, -0.15) is 0 Å². The van der Waals surface area contributed by atoms with Gasteiger partial charge < -0.3 is 10.6 Å². The first kappa shape index (κ1) is 11.7. The Balaban J connectivity index is 0.000000980. The van der Waals surface area contributed by atoms with Gasteiger partial charge in [-0.15, -0.1) is 12.4 Å². The molecule has 6 heteroatoms. The summed E-state index contributed by atoms with van der Waals surface area (Å²) in [4.78, 5) is 10.5. The van der Waals surface area contributed by atoms with Crippen LogP contribution in [0.1, 0.15) is 6.42 Å². The fourth-order valence-electron chi connectivity index (χ4n) is 1.44. The summed E-state index contributed by atoms with van der Waals surface area (Å²) in [6.45, 7) is 1.82. The summed E-state index contributed by atoms with van der Waals surface area (Å²) in [5.41, 5.74) is 5.79. The van der Waals surface area contributed by atoms with Crippen molar-refractivity contribution in [2.45, 2.75) is 12.5 Å². The summed E-state index contributed by atoms with van der Waals surface area (Å²) in [6.07, 6.45) is 4.54. The van der Waals surface area contributed by atoms with Crippen molar-refractivity contribution in [1.29, 1.82) is 0 Å². The Morgan fingerprint density at radius 1 is 1.43 bits per heavy atom. The first-order chi connectivity index (χ1) is 6.25. The topological polar surface area (TPSA) is 55.0 Å². The van der Waals surface area contributed by atoms with Gasteiger partial charge in [-0.25, -0.2) is 9.97 Å².